The van der Waals surface area contributed by atoms with Crippen LogP contribution in [0.15, 0.2) is 45.3 Å². The molecule has 22 heavy (non-hydrogen) atoms. The molecule has 0 unspecified atom stereocenters. The Morgan fingerprint density at radius 1 is 1.05 bits per heavy atom. The molecule has 0 aromatic heterocycles. The number of rotatable bonds is 2. The molecule has 0 radical (unpaired) electrons. The first kappa shape index (κ1) is 17.5. The van der Waals surface area contributed by atoms with Gasteiger partial charge in [0.2, 0.25) is 0 Å². The van der Waals surface area contributed by atoms with Gasteiger partial charge in [0.15, 0.2) is 0 Å². The van der Waals surface area contributed by atoms with Crippen molar-refractivity contribution in [3.63, 3.8) is 0 Å². The molecule has 116 valence electrons. The van der Waals surface area contributed by atoms with E-state index in [0.717, 1.165) is 14.5 Å². The molecule has 1 N–H and O–H groups in total. The second kappa shape index (κ2) is 6.73. The molecule has 0 aliphatic rings. The first-order chi connectivity index (χ1) is 10.2. The van der Waals surface area contributed by atoms with Crippen molar-refractivity contribution in [1.82, 2.24) is 0 Å². The van der Waals surface area contributed by atoms with Crippen LogP contribution in [0.4, 0.5) is 5.69 Å². The van der Waals surface area contributed by atoms with Crippen LogP contribution in [0.1, 0.15) is 36.7 Å². The minimum absolute atomic E-state index is 0.0209. The van der Waals surface area contributed by atoms with E-state index in [2.05, 4.69) is 57.9 Å². The summed E-state index contributed by atoms with van der Waals surface area (Å²) in [5, 5.41) is 3.40. The lowest BCUT2D eigenvalue weighted by molar-refractivity contribution is 0.102. The molecule has 0 aliphatic heterocycles. The smallest absolute Gasteiger partial charge is 0.255 e. The Kier molecular flexibility index (Phi) is 5.36. The molecule has 2 aromatic carbocycles. The molecule has 2 nitrogen and oxygen atoms in total. The highest BCUT2D eigenvalue weighted by Gasteiger charge is 2.18. The summed E-state index contributed by atoms with van der Waals surface area (Å²) in [5.41, 5.74) is 2.44. The topological polar surface area (TPSA) is 29.1 Å². The number of hydrogen-bond acceptors (Lipinski definition) is 1. The van der Waals surface area contributed by atoms with Crippen LogP contribution >= 0.6 is 43.5 Å². The second-order valence-electron chi connectivity index (χ2n) is 6.03. The molecular weight excluding hydrogens is 429 g/mol. The van der Waals surface area contributed by atoms with E-state index >= 15 is 0 Å². The minimum Gasteiger partial charge on any atom is -0.322 e. The van der Waals surface area contributed by atoms with Gasteiger partial charge >= 0.3 is 0 Å². The van der Waals surface area contributed by atoms with Crippen molar-refractivity contribution in [1.29, 1.82) is 0 Å². The number of amides is 1. The standard InChI is InChI=1S/C17H16Br2ClNO/c1-17(2,3)12-6-4-10(8-14(12)19)16(22)21-11-5-7-13(18)15(20)9-11/h4-9H,1-3H3,(H,21,22). The zero-order valence-corrected chi connectivity index (χ0v) is 16.4. The van der Waals surface area contributed by atoms with Gasteiger partial charge in [-0.3, -0.25) is 4.79 Å². The van der Waals surface area contributed by atoms with E-state index in [9.17, 15) is 4.79 Å². The lowest BCUT2D eigenvalue weighted by Crippen LogP contribution is -2.15. The van der Waals surface area contributed by atoms with Gasteiger partial charge in [-0.1, -0.05) is 54.4 Å². The van der Waals surface area contributed by atoms with Gasteiger partial charge in [-0.25, -0.2) is 0 Å². The van der Waals surface area contributed by atoms with Gasteiger partial charge in [0.05, 0.1) is 5.02 Å². The Balaban J connectivity index is 2.23. The highest BCUT2D eigenvalue weighted by atomic mass is 79.9. The average Bonchev–Trinajstić information content (AvgIpc) is 2.41. The maximum atomic E-state index is 12.3. The van der Waals surface area contributed by atoms with E-state index in [1.54, 1.807) is 18.2 Å². The van der Waals surface area contributed by atoms with E-state index in [4.69, 9.17) is 11.6 Å². The quantitative estimate of drug-likeness (QED) is 0.568. The molecule has 2 rings (SSSR count). The van der Waals surface area contributed by atoms with Crippen LogP contribution in [0.2, 0.25) is 5.02 Å². The highest BCUT2D eigenvalue weighted by molar-refractivity contribution is 9.10. The van der Waals surface area contributed by atoms with E-state index in [0.29, 0.717) is 16.3 Å². The largest absolute Gasteiger partial charge is 0.322 e. The first-order valence-electron chi connectivity index (χ1n) is 6.75. The normalized spacial score (nSPS) is 11.4. The van der Waals surface area contributed by atoms with Gasteiger partial charge in [0.25, 0.3) is 5.91 Å². The van der Waals surface area contributed by atoms with Crippen LogP contribution in [-0.2, 0) is 5.41 Å². The fourth-order valence-corrected chi connectivity index (χ4v) is 3.44. The third-order valence-electron chi connectivity index (χ3n) is 3.22. The van der Waals surface area contributed by atoms with Gasteiger partial charge < -0.3 is 5.32 Å². The van der Waals surface area contributed by atoms with Gasteiger partial charge in [-0.2, -0.15) is 0 Å². The number of hydrogen-bond donors (Lipinski definition) is 1. The van der Waals surface area contributed by atoms with Crippen molar-refractivity contribution in [3.05, 3.63) is 61.5 Å². The maximum Gasteiger partial charge on any atom is 0.255 e. The molecule has 0 bridgehead atoms. The van der Waals surface area contributed by atoms with Gasteiger partial charge in [0, 0.05) is 20.2 Å². The number of benzene rings is 2. The fraction of sp³-hybridized carbons (Fsp3) is 0.235. The predicted octanol–water partition coefficient (Wildman–Crippen LogP) is 6.41. The highest BCUT2D eigenvalue weighted by Crippen LogP contribution is 2.31. The summed E-state index contributed by atoms with van der Waals surface area (Å²) in [6.45, 7) is 6.41. The third kappa shape index (κ3) is 4.12. The van der Waals surface area contributed by atoms with Crippen LogP contribution in [0.3, 0.4) is 0 Å². The van der Waals surface area contributed by atoms with Crippen molar-refractivity contribution in [2.45, 2.75) is 26.2 Å². The number of carbonyl (C=O) groups is 1. The summed E-state index contributed by atoms with van der Waals surface area (Å²) in [5.74, 6) is -0.167. The van der Waals surface area contributed by atoms with Crippen LogP contribution in [0.5, 0.6) is 0 Å². The van der Waals surface area contributed by atoms with Crippen molar-refractivity contribution < 1.29 is 4.79 Å². The Morgan fingerprint density at radius 2 is 1.73 bits per heavy atom. The Bertz CT molecular complexity index is 723. The molecule has 0 heterocycles. The van der Waals surface area contributed by atoms with Crippen molar-refractivity contribution in [3.8, 4) is 0 Å². The van der Waals surface area contributed by atoms with E-state index in [1.807, 2.05) is 18.2 Å². The van der Waals surface area contributed by atoms with Crippen LogP contribution in [-0.4, -0.2) is 5.91 Å². The third-order valence-corrected chi connectivity index (χ3v) is 5.11. The van der Waals surface area contributed by atoms with Crippen molar-refractivity contribution >= 4 is 55.1 Å². The van der Waals surface area contributed by atoms with Gasteiger partial charge in [-0.05, 0) is 57.2 Å². The zero-order chi connectivity index (χ0) is 16.5. The minimum atomic E-state index is -0.167. The molecule has 2 aromatic rings. The van der Waals surface area contributed by atoms with Crippen LogP contribution in [0.25, 0.3) is 0 Å². The summed E-state index contributed by atoms with van der Waals surface area (Å²) in [6, 6.07) is 11.0. The summed E-state index contributed by atoms with van der Waals surface area (Å²) in [6.07, 6.45) is 0. The molecule has 0 spiro atoms. The predicted molar refractivity (Wildman–Crippen MR) is 99.9 cm³/mol. The van der Waals surface area contributed by atoms with Crippen LogP contribution in [0, 0.1) is 0 Å². The molecule has 0 saturated carbocycles. The number of anilines is 1. The van der Waals surface area contributed by atoms with Gasteiger partial charge in [-0.15, -0.1) is 0 Å². The fourth-order valence-electron chi connectivity index (χ4n) is 2.04. The Morgan fingerprint density at radius 3 is 2.27 bits per heavy atom. The maximum absolute atomic E-state index is 12.3. The van der Waals surface area contributed by atoms with E-state index < -0.39 is 0 Å². The summed E-state index contributed by atoms with van der Waals surface area (Å²) in [7, 11) is 0. The van der Waals surface area contributed by atoms with Gasteiger partial charge in [0.1, 0.15) is 0 Å². The second-order valence-corrected chi connectivity index (χ2v) is 8.14. The van der Waals surface area contributed by atoms with Crippen LogP contribution < -0.4 is 5.32 Å². The molecule has 0 fully saturated rings. The van der Waals surface area contributed by atoms with Crippen molar-refractivity contribution in [2.75, 3.05) is 5.32 Å². The van der Waals surface area contributed by atoms with Crippen molar-refractivity contribution in [2.24, 2.45) is 0 Å². The summed E-state index contributed by atoms with van der Waals surface area (Å²) in [4.78, 5) is 12.3. The zero-order valence-electron chi connectivity index (χ0n) is 12.5. The SMILES string of the molecule is CC(C)(C)c1ccc(C(=O)Nc2ccc(Br)c(Cl)c2)cc1Br. The van der Waals surface area contributed by atoms with E-state index in [-0.39, 0.29) is 11.3 Å². The number of nitrogens with one attached hydrogen (secondary N) is 1. The molecule has 0 aliphatic carbocycles. The molecule has 0 saturated heterocycles. The molecule has 0 atom stereocenters. The monoisotopic (exact) mass is 443 g/mol. The molecular formula is C17H16Br2ClNO. The first-order valence-corrected chi connectivity index (χ1v) is 8.71. The Hall–Kier alpha value is -0.840. The lowest BCUT2D eigenvalue weighted by atomic mass is 9.86. The average molecular weight is 446 g/mol. The molecule has 5 heteroatoms. The summed E-state index contributed by atoms with van der Waals surface area (Å²) < 4.78 is 1.73. The number of carbonyl (C=O) groups excluding carboxylic acids is 1. The number of halogens is 3. The Labute approximate surface area is 152 Å². The molecule has 1 amide bonds. The lowest BCUT2D eigenvalue weighted by Gasteiger charge is -2.21. The summed E-state index contributed by atoms with van der Waals surface area (Å²) >= 11 is 12.9. The van der Waals surface area contributed by atoms with E-state index in [1.165, 1.54) is 0 Å².